The Morgan fingerprint density at radius 1 is 1.42 bits per heavy atom. The van der Waals surface area contributed by atoms with Crippen LogP contribution in [0.5, 0.6) is 0 Å². The van der Waals surface area contributed by atoms with Gasteiger partial charge in [0.25, 0.3) is 5.91 Å². The first-order valence-electron chi connectivity index (χ1n) is 9.76. The SMILES string of the molecule is NC(=O)C1=C2N=C(N3CCC[C@@H]3c3cc(F)ccc3F)C=C[N+]2(OCC(O)CO)N=C1. The summed E-state index contributed by atoms with van der Waals surface area (Å²) < 4.78 is 27.5. The maximum absolute atomic E-state index is 14.4. The van der Waals surface area contributed by atoms with E-state index in [9.17, 15) is 18.7 Å². The number of fused-ring (bicyclic) bond motifs is 1. The number of halogens is 2. The van der Waals surface area contributed by atoms with Gasteiger partial charge in [0.2, 0.25) is 0 Å². The van der Waals surface area contributed by atoms with E-state index in [0.717, 1.165) is 18.6 Å². The van der Waals surface area contributed by atoms with Gasteiger partial charge >= 0.3 is 5.82 Å². The van der Waals surface area contributed by atoms with E-state index in [1.165, 1.54) is 18.5 Å². The summed E-state index contributed by atoms with van der Waals surface area (Å²) in [6, 6.07) is 2.91. The smallest absolute Gasteiger partial charge is 0.309 e. The zero-order valence-corrected chi connectivity index (χ0v) is 16.5. The third kappa shape index (κ3) is 3.88. The van der Waals surface area contributed by atoms with Gasteiger partial charge in [0, 0.05) is 22.9 Å². The van der Waals surface area contributed by atoms with E-state index in [1.54, 1.807) is 6.08 Å². The van der Waals surface area contributed by atoms with Crippen LogP contribution in [0.3, 0.4) is 0 Å². The fourth-order valence-corrected chi connectivity index (χ4v) is 3.84. The standard InChI is InChI=1S/C20H21F2N5O4/c21-12-3-4-16(22)14(8-12)17-2-1-6-26(17)18-5-7-27(31-11-13(29)10-28)20(25-18)15(9-24-27)19(23)30/h3-5,7-9,13,17,28-29H,1-2,6,10-11H2,(H-,23,30)/p+1/t13?,17-,27?/m1/s1. The quantitative estimate of drug-likeness (QED) is 0.573. The van der Waals surface area contributed by atoms with Crippen molar-refractivity contribution in [2.24, 2.45) is 15.8 Å². The normalized spacial score (nSPS) is 25.7. The molecule has 0 aromatic heterocycles. The Morgan fingerprint density at radius 2 is 2.23 bits per heavy atom. The number of likely N-dealkylation sites (tertiary alicyclic amines) is 1. The summed E-state index contributed by atoms with van der Waals surface area (Å²) in [5, 5.41) is 22.8. The number of carbonyl (C=O) groups is 1. The number of hydrogen-bond acceptors (Lipinski definition) is 7. The molecule has 1 saturated heterocycles. The molecule has 0 aliphatic carbocycles. The summed E-state index contributed by atoms with van der Waals surface area (Å²) >= 11 is 0. The summed E-state index contributed by atoms with van der Waals surface area (Å²) in [5.41, 5.74) is 5.71. The van der Waals surface area contributed by atoms with Crippen molar-refractivity contribution in [3.63, 3.8) is 0 Å². The van der Waals surface area contributed by atoms with Crippen LogP contribution in [0, 0.1) is 11.6 Å². The van der Waals surface area contributed by atoms with Gasteiger partial charge in [-0.2, -0.15) is 9.83 Å². The highest BCUT2D eigenvalue weighted by Crippen LogP contribution is 2.38. The highest BCUT2D eigenvalue weighted by atomic mass is 19.1. The van der Waals surface area contributed by atoms with E-state index in [0.29, 0.717) is 18.8 Å². The van der Waals surface area contributed by atoms with Crippen LogP contribution in [0.4, 0.5) is 8.78 Å². The van der Waals surface area contributed by atoms with Crippen molar-refractivity contribution in [3.05, 3.63) is 59.1 Å². The molecular formula is C20H22F2N5O4+. The van der Waals surface area contributed by atoms with Crippen LogP contribution in [-0.4, -0.2) is 63.7 Å². The number of nitrogens with two attached hydrogens (primary N) is 1. The van der Waals surface area contributed by atoms with Gasteiger partial charge in [0.1, 0.15) is 36.4 Å². The van der Waals surface area contributed by atoms with E-state index >= 15 is 0 Å². The minimum atomic E-state index is -1.15. The summed E-state index contributed by atoms with van der Waals surface area (Å²) in [5.74, 6) is -1.30. The Kier molecular flexibility index (Phi) is 5.67. The number of hydrogen-bond donors (Lipinski definition) is 3. The number of aliphatic hydroxyl groups excluding tert-OH is 2. The van der Waals surface area contributed by atoms with Crippen LogP contribution in [-0.2, 0) is 9.63 Å². The van der Waals surface area contributed by atoms with Crippen molar-refractivity contribution in [2.45, 2.75) is 25.0 Å². The number of amidine groups is 1. The number of primary amides is 1. The van der Waals surface area contributed by atoms with Gasteiger partial charge in [-0.15, -0.1) is 0 Å². The molecule has 0 spiro atoms. The molecule has 3 aliphatic rings. The monoisotopic (exact) mass is 434 g/mol. The summed E-state index contributed by atoms with van der Waals surface area (Å²) in [6.07, 6.45) is 4.53. The van der Waals surface area contributed by atoms with Crippen molar-refractivity contribution >= 4 is 18.0 Å². The second-order valence-electron chi connectivity index (χ2n) is 7.40. The highest BCUT2D eigenvalue weighted by Gasteiger charge is 2.47. The van der Waals surface area contributed by atoms with Gasteiger partial charge in [-0.3, -0.25) is 4.79 Å². The zero-order valence-electron chi connectivity index (χ0n) is 16.5. The molecule has 1 amide bonds. The fraction of sp³-hybridized carbons (Fsp3) is 0.350. The average Bonchev–Trinajstić information content (AvgIpc) is 3.38. The Labute approximate surface area is 176 Å². The van der Waals surface area contributed by atoms with Crippen LogP contribution < -0.4 is 5.73 Å². The molecule has 0 bridgehead atoms. The lowest BCUT2D eigenvalue weighted by Crippen LogP contribution is -2.42. The molecule has 1 fully saturated rings. The maximum atomic E-state index is 14.4. The van der Waals surface area contributed by atoms with Crippen molar-refractivity contribution < 1.29 is 33.4 Å². The molecule has 31 heavy (non-hydrogen) atoms. The molecule has 9 nitrogen and oxygen atoms in total. The van der Waals surface area contributed by atoms with Crippen molar-refractivity contribution in [2.75, 3.05) is 19.8 Å². The molecule has 0 radical (unpaired) electrons. The summed E-state index contributed by atoms with van der Waals surface area (Å²) in [6.45, 7) is -0.244. The number of benzene rings is 1. The Balaban J connectivity index is 1.68. The Hall–Kier alpha value is -2.99. The lowest BCUT2D eigenvalue weighted by Gasteiger charge is -2.31. The largest absolute Gasteiger partial charge is 0.394 e. The number of rotatable bonds is 6. The van der Waals surface area contributed by atoms with Gasteiger partial charge < -0.3 is 20.8 Å². The molecule has 1 aromatic rings. The first-order valence-corrected chi connectivity index (χ1v) is 9.76. The minimum absolute atomic E-state index is 0.0213. The van der Waals surface area contributed by atoms with Crippen LogP contribution in [0.25, 0.3) is 0 Å². The maximum Gasteiger partial charge on any atom is 0.309 e. The molecule has 4 rings (SSSR count). The predicted molar refractivity (Wildman–Crippen MR) is 106 cm³/mol. The van der Waals surface area contributed by atoms with Gasteiger partial charge in [-0.25, -0.2) is 8.78 Å². The summed E-state index contributed by atoms with van der Waals surface area (Å²) in [4.78, 5) is 23.9. The van der Waals surface area contributed by atoms with E-state index in [-0.39, 0.29) is 23.6 Å². The highest BCUT2D eigenvalue weighted by molar-refractivity contribution is 6.13. The molecule has 2 unspecified atom stereocenters. The molecule has 4 N–H and O–H groups in total. The molecule has 3 heterocycles. The van der Waals surface area contributed by atoms with E-state index in [4.69, 9.17) is 15.7 Å². The number of amides is 1. The molecule has 0 saturated carbocycles. The zero-order chi connectivity index (χ0) is 22.2. The fourth-order valence-electron chi connectivity index (χ4n) is 3.84. The Bertz CT molecular complexity index is 1020. The minimum Gasteiger partial charge on any atom is -0.394 e. The topological polar surface area (TPSA) is 121 Å². The third-order valence-electron chi connectivity index (χ3n) is 5.35. The van der Waals surface area contributed by atoms with E-state index in [2.05, 4.69) is 10.1 Å². The van der Waals surface area contributed by atoms with Crippen molar-refractivity contribution in [3.8, 4) is 0 Å². The van der Waals surface area contributed by atoms with Gasteiger partial charge in [0.05, 0.1) is 12.6 Å². The number of carbonyl (C=O) groups excluding carboxylic acids is 1. The summed E-state index contributed by atoms with van der Waals surface area (Å²) in [7, 11) is 0. The molecular weight excluding hydrogens is 412 g/mol. The second kappa shape index (κ2) is 8.27. The van der Waals surface area contributed by atoms with Crippen LogP contribution in [0.2, 0.25) is 0 Å². The van der Waals surface area contributed by atoms with Crippen LogP contribution in [0.15, 0.2) is 52.0 Å². The third-order valence-corrected chi connectivity index (χ3v) is 5.35. The van der Waals surface area contributed by atoms with Crippen LogP contribution >= 0.6 is 0 Å². The second-order valence-corrected chi connectivity index (χ2v) is 7.40. The molecule has 11 heteroatoms. The first-order chi connectivity index (χ1) is 14.8. The predicted octanol–water partition coefficient (Wildman–Crippen LogP) is 0.825. The van der Waals surface area contributed by atoms with Crippen LogP contribution in [0.1, 0.15) is 24.4 Å². The molecule has 3 atom stereocenters. The number of quaternary nitrogens is 1. The molecule has 164 valence electrons. The lowest BCUT2D eigenvalue weighted by atomic mass is 10.0. The number of hydroxylamine groups is 2. The van der Waals surface area contributed by atoms with E-state index in [1.807, 2.05) is 4.90 Å². The van der Waals surface area contributed by atoms with Crippen molar-refractivity contribution in [1.82, 2.24) is 4.90 Å². The van der Waals surface area contributed by atoms with E-state index < -0.39 is 41.0 Å². The van der Waals surface area contributed by atoms with Crippen molar-refractivity contribution in [1.29, 1.82) is 0 Å². The average molecular weight is 434 g/mol. The molecule has 3 aliphatic heterocycles. The van der Waals surface area contributed by atoms with Gasteiger partial charge in [-0.1, -0.05) is 0 Å². The number of aliphatic hydroxyl groups is 2. The first kappa shape index (κ1) is 21.2. The van der Waals surface area contributed by atoms with Gasteiger partial charge in [0.15, 0.2) is 11.8 Å². The number of nitrogens with zero attached hydrogens (tertiary/aromatic N) is 4. The molecule has 1 aromatic carbocycles. The Morgan fingerprint density at radius 3 is 2.97 bits per heavy atom. The van der Waals surface area contributed by atoms with Gasteiger partial charge in [-0.05, 0) is 36.1 Å². The lowest BCUT2D eigenvalue weighted by molar-refractivity contribution is -1.04. The number of aliphatic imine (C=N–C) groups is 1.